The van der Waals surface area contributed by atoms with E-state index in [0.29, 0.717) is 0 Å². The molecule has 240 valence electrons. The molecule has 4 aromatic heterocycles. The molecule has 0 saturated carbocycles. The maximum atomic E-state index is 12.3. The number of nitrogens with one attached hydrogen (secondary N) is 1. The molecule has 22 nitrogen and oxygen atoms in total. The number of nitrogens with two attached hydrogens (primary N) is 2. The van der Waals surface area contributed by atoms with E-state index in [1.165, 1.54) is 28.1 Å². The third kappa shape index (κ3) is 5.34. The number of ether oxygens (including phenoxy) is 2. The van der Waals surface area contributed by atoms with Gasteiger partial charge in [0.05, 0.1) is 12.7 Å². The van der Waals surface area contributed by atoms with Crippen molar-refractivity contribution in [3.05, 3.63) is 41.5 Å². The Morgan fingerprint density at radius 3 is 2.38 bits per heavy atom. The maximum absolute atomic E-state index is 12.3. The fourth-order valence-electron chi connectivity index (χ4n) is 5.27. The molecule has 0 unspecified atom stereocenters. The topological polar surface area (TPSA) is 316 Å². The molecular formula is C21H26N10O12P2+2. The van der Waals surface area contributed by atoms with Crippen LogP contribution < -0.4 is 17.0 Å². The van der Waals surface area contributed by atoms with Crippen LogP contribution in [-0.4, -0.2) is 107 Å². The zero-order valence-electron chi connectivity index (χ0n) is 22.7. The number of aliphatic hydroxyl groups is 1. The molecule has 0 spiro atoms. The molecule has 4 aromatic rings. The van der Waals surface area contributed by atoms with Gasteiger partial charge in [-0.3, -0.25) is 18.9 Å². The highest BCUT2D eigenvalue weighted by Crippen LogP contribution is 2.60. The Labute approximate surface area is 251 Å². The average Bonchev–Trinajstić information content (AvgIpc) is 3.72. The Bertz CT molecular complexity index is 1850. The second kappa shape index (κ2) is 10.9. The monoisotopic (exact) mass is 672 g/mol. The van der Waals surface area contributed by atoms with Crippen molar-refractivity contribution in [1.82, 2.24) is 39.0 Å². The molecule has 7 heterocycles. The van der Waals surface area contributed by atoms with Gasteiger partial charge in [-0.1, -0.05) is 6.58 Å². The van der Waals surface area contributed by atoms with Crippen LogP contribution in [0.2, 0.25) is 0 Å². The Hall–Kier alpha value is -3.34. The SMILES string of the molecule is C=C1[C@H]2O[P+](O)(O)OC[C@H]3O[C@@H](n4cnc5c(N)ncnc54)[C@H](O)[C@@H]3O[P+](O)(O)OC[C@H]1O[C@H]2n1cnc2c(=O)[nH]c(N)nc21. The summed E-state index contributed by atoms with van der Waals surface area (Å²) >= 11 is 0. The van der Waals surface area contributed by atoms with E-state index < -0.39 is 78.1 Å². The van der Waals surface area contributed by atoms with Crippen LogP contribution in [0.15, 0.2) is 35.9 Å². The third-order valence-corrected chi connectivity index (χ3v) is 9.34. The van der Waals surface area contributed by atoms with Gasteiger partial charge in [0.15, 0.2) is 47.3 Å². The largest absolute Gasteiger partial charge is 0.570 e. The molecule has 3 fully saturated rings. The summed E-state index contributed by atoms with van der Waals surface area (Å²) in [5.41, 5.74) is 11.3. The third-order valence-electron chi connectivity index (χ3n) is 7.35. The zero-order chi connectivity index (χ0) is 31.8. The van der Waals surface area contributed by atoms with Gasteiger partial charge in [0.2, 0.25) is 5.95 Å². The van der Waals surface area contributed by atoms with Gasteiger partial charge in [0.25, 0.3) is 5.56 Å². The Balaban J connectivity index is 1.20. The number of hydrogen-bond acceptors (Lipinski definition) is 19. The molecule has 3 aliphatic rings. The second-order valence-electron chi connectivity index (χ2n) is 10.2. The predicted octanol–water partition coefficient (Wildman–Crippen LogP) is -2.02. The number of nitrogens with zero attached hydrogens (tertiary/aromatic N) is 7. The van der Waals surface area contributed by atoms with Crippen molar-refractivity contribution in [2.24, 2.45) is 0 Å². The first-order valence-corrected chi connectivity index (χ1v) is 16.1. The first-order chi connectivity index (χ1) is 21.3. The molecule has 7 rings (SSSR count). The van der Waals surface area contributed by atoms with Crippen molar-refractivity contribution in [3.8, 4) is 0 Å². The van der Waals surface area contributed by atoms with E-state index in [4.69, 9.17) is 39.0 Å². The van der Waals surface area contributed by atoms with E-state index in [9.17, 15) is 29.5 Å². The number of imidazole rings is 2. The number of aromatic amines is 1. The van der Waals surface area contributed by atoms with Crippen LogP contribution in [0, 0.1) is 0 Å². The van der Waals surface area contributed by atoms with Crippen LogP contribution >= 0.6 is 16.3 Å². The van der Waals surface area contributed by atoms with Gasteiger partial charge in [0, 0.05) is 0 Å². The quantitative estimate of drug-likeness (QED) is 0.0841. The van der Waals surface area contributed by atoms with Gasteiger partial charge in [-0.05, 0) is 5.57 Å². The first-order valence-electron chi connectivity index (χ1n) is 13.0. The van der Waals surface area contributed by atoms with Gasteiger partial charge < -0.3 is 26.0 Å². The highest BCUT2D eigenvalue weighted by molar-refractivity contribution is 7.54. The molecule has 0 radical (unpaired) electrons. The van der Waals surface area contributed by atoms with Crippen LogP contribution in [0.3, 0.4) is 0 Å². The molecule has 7 atom stereocenters. The fourth-order valence-corrected chi connectivity index (χ4v) is 7.18. The molecule has 45 heavy (non-hydrogen) atoms. The van der Waals surface area contributed by atoms with Crippen LogP contribution in [0.5, 0.6) is 0 Å². The number of aromatic nitrogens is 8. The van der Waals surface area contributed by atoms with Crippen LogP contribution in [0.1, 0.15) is 12.5 Å². The van der Waals surface area contributed by atoms with E-state index in [2.05, 4.69) is 36.5 Å². The Morgan fingerprint density at radius 2 is 1.60 bits per heavy atom. The fraction of sp³-hybridized carbons (Fsp3) is 0.429. The normalized spacial score (nSPS) is 31.8. The van der Waals surface area contributed by atoms with Gasteiger partial charge in [-0.25, -0.2) is 19.9 Å². The van der Waals surface area contributed by atoms with Crippen molar-refractivity contribution in [2.75, 3.05) is 24.7 Å². The minimum Gasteiger partial charge on any atom is -0.385 e. The lowest BCUT2D eigenvalue weighted by atomic mass is 10.1. The van der Waals surface area contributed by atoms with Gasteiger partial charge >= 0.3 is 16.3 Å². The first kappa shape index (κ1) is 30.3. The standard InChI is InChI=1S/C21H25N10O12P2/c1-7-8-2-38-45(36,37)43-14-9(41-19(12(14)32)30-5-26-10-15(22)24-4-25-16(10)30)3-39-44(34,35)42-13(7)20(40-8)31-6-27-11-17(31)28-21(23)29-18(11)33/h4-6,8-9,12-14,19-20,32,34-37H,1-3H2,(H4-,22,23,24,25,28,29,33)/q+1/p+1/t8-,9-,12-,13-,14-,19-,20-/m1/s1. The summed E-state index contributed by atoms with van der Waals surface area (Å²) in [7, 11) is -9.48. The molecule has 3 saturated heterocycles. The molecule has 24 heteroatoms. The molecule has 2 bridgehead atoms. The van der Waals surface area contributed by atoms with E-state index in [-0.39, 0.29) is 39.7 Å². The molecule has 0 aromatic carbocycles. The van der Waals surface area contributed by atoms with Gasteiger partial charge in [0.1, 0.15) is 43.4 Å². The summed E-state index contributed by atoms with van der Waals surface area (Å²) in [5, 5.41) is 11.2. The van der Waals surface area contributed by atoms with Gasteiger partial charge in [-0.15, -0.1) is 9.05 Å². The highest BCUT2D eigenvalue weighted by atomic mass is 31.2. The van der Waals surface area contributed by atoms with E-state index in [0.717, 1.165) is 0 Å². The summed E-state index contributed by atoms with van der Waals surface area (Å²) < 4.78 is 36.2. The Morgan fingerprint density at radius 1 is 0.911 bits per heavy atom. The Kier molecular flexibility index (Phi) is 7.33. The lowest BCUT2D eigenvalue weighted by Crippen LogP contribution is -2.37. The number of rotatable bonds is 2. The molecular weight excluding hydrogens is 646 g/mol. The molecule has 0 aliphatic carbocycles. The average molecular weight is 672 g/mol. The van der Waals surface area contributed by atoms with Crippen LogP contribution in [0.25, 0.3) is 22.3 Å². The number of aliphatic hydroxyl groups excluding tert-OH is 1. The number of hydrogen-bond donors (Lipinski definition) is 8. The summed E-state index contributed by atoms with van der Waals surface area (Å²) in [4.78, 5) is 78.1. The van der Waals surface area contributed by atoms with E-state index >= 15 is 0 Å². The van der Waals surface area contributed by atoms with Crippen molar-refractivity contribution in [2.45, 2.75) is 43.0 Å². The lowest BCUT2D eigenvalue weighted by Gasteiger charge is -2.22. The zero-order valence-corrected chi connectivity index (χ0v) is 24.5. The minimum absolute atomic E-state index is 0.0261. The van der Waals surface area contributed by atoms with Crippen LogP contribution in [0.4, 0.5) is 11.8 Å². The maximum Gasteiger partial charge on any atom is 0.570 e. The summed E-state index contributed by atoms with van der Waals surface area (Å²) in [5.74, 6) is -0.158. The summed E-state index contributed by atoms with van der Waals surface area (Å²) in [6, 6.07) is 0. The smallest absolute Gasteiger partial charge is 0.385 e. The summed E-state index contributed by atoms with van der Waals surface area (Å²) in [6.45, 7) is 2.62. The van der Waals surface area contributed by atoms with Crippen molar-refractivity contribution in [3.63, 3.8) is 0 Å². The molecule has 3 aliphatic heterocycles. The van der Waals surface area contributed by atoms with E-state index in [1.54, 1.807) is 0 Å². The summed E-state index contributed by atoms with van der Waals surface area (Å²) in [6.07, 6.45) is -5.98. The number of H-pyrrole nitrogens is 1. The second-order valence-corrected chi connectivity index (χ2v) is 13.1. The van der Waals surface area contributed by atoms with Crippen molar-refractivity contribution < 1.29 is 52.2 Å². The number of nitrogen functional groups attached to an aromatic ring is 2. The van der Waals surface area contributed by atoms with E-state index in [1.807, 2.05) is 0 Å². The lowest BCUT2D eigenvalue weighted by molar-refractivity contribution is -0.0743. The minimum atomic E-state index is -4.75. The number of anilines is 2. The van der Waals surface area contributed by atoms with Crippen molar-refractivity contribution >= 4 is 50.4 Å². The number of fused-ring (bicyclic) bond motifs is 5. The molecule has 0 amide bonds. The molecule has 10 N–H and O–H groups in total. The van der Waals surface area contributed by atoms with Crippen molar-refractivity contribution in [1.29, 1.82) is 0 Å². The van der Waals surface area contributed by atoms with Crippen LogP contribution in [-0.2, 0) is 27.6 Å². The van der Waals surface area contributed by atoms with Gasteiger partial charge in [-0.2, -0.15) is 33.6 Å². The predicted molar refractivity (Wildman–Crippen MR) is 150 cm³/mol. The highest BCUT2D eigenvalue weighted by Gasteiger charge is 2.59.